The number of ether oxygens (including phenoxy) is 2. The fraction of sp³-hybridized carbons (Fsp3) is 0.655. The third-order valence-electron chi connectivity index (χ3n) is 7.94. The van der Waals surface area contributed by atoms with Gasteiger partial charge in [0.1, 0.15) is 23.9 Å². The first kappa shape index (κ1) is 30.8. The Labute approximate surface area is 239 Å². The number of rotatable bonds is 8. The normalized spacial score (nSPS) is 20.6. The van der Waals surface area contributed by atoms with Crippen molar-refractivity contribution in [1.82, 2.24) is 15.0 Å². The predicted molar refractivity (Wildman–Crippen MR) is 151 cm³/mol. The van der Waals surface area contributed by atoms with Crippen LogP contribution in [0.2, 0.25) is 0 Å². The Hall–Kier alpha value is -3.15. The van der Waals surface area contributed by atoms with Crippen LogP contribution in [0.4, 0.5) is 35.4 Å². The summed E-state index contributed by atoms with van der Waals surface area (Å²) < 4.78 is 52.1. The molecule has 0 radical (unpaired) electrons. The Balaban J connectivity index is 1.38. The molecule has 2 aromatic rings. The minimum Gasteiger partial charge on any atom is -0.447 e. The number of halogens is 3. The molecule has 4 heterocycles. The van der Waals surface area contributed by atoms with E-state index in [1.807, 2.05) is 27.7 Å². The highest BCUT2D eigenvalue weighted by Crippen LogP contribution is 2.40. The lowest BCUT2D eigenvalue weighted by molar-refractivity contribution is -0.181. The zero-order valence-corrected chi connectivity index (χ0v) is 24.8. The van der Waals surface area contributed by atoms with Gasteiger partial charge in [-0.05, 0) is 85.4 Å². The molecule has 1 N–H and O–H groups in total. The van der Waals surface area contributed by atoms with E-state index >= 15 is 0 Å². The standard InChI is InChI=1S/C29H41F3N6O3/c1-18(20-10-14-37(15-11-20)21-8-12-33-23(16-21)28(6,7)29(30,31)32)35-25-34-13-9-24(36-25)38-22(17-40-26(38)39)19(2)41-27(3,4)5/h8-9,12-13,16,18-20,22H,10-11,14-15,17H2,1-7H3,(H,34,35,36)/t18-,19?,22+/m0/s1. The van der Waals surface area contributed by atoms with Gasteiger partial charge in [-0.1, -0.05) is 0 Å². The van der Waals surface area contributed by atoms with Crippen LogP contribution in [-0.2, 0) is 14.9 Å². The first-order valence-electron chi connectivity index (χ1n) is 14.1. The monoisotopic (exact) mass is 578 g/mol. The van der Waals surface area contributed by atoms with E-state index in [1.54, 1.807) is 24.4 Å². The number of alkyl halides is 3. The van der Waals surface area contributed by atoms with Gasteiger partial charge in [-0.15, -0.1) is 0 Å². The number of pyridine rings is 1. The summed E-state index contributed by atoms with van der Waals surface area (Å²) >= 11 is 0. The van der Waals surface area contributed by atoms with Crippen molar-refractivity contribution in [2.75, 3.05) is 34.8 Å². The number of amides is 1. The lowest BCUT2D eigenvalue weighted by Crippen LogP contribution is -2.45. The smallest absolute Gasteiger partial charge is 0.416 e. The summed E-state index contributed by atoms with van der Waals surface area (Å²) in [4.78, 5) is 29.3. The number of cyclic esters (lactones) is 1. The van der Waals surface area contributed by atoms with Gasteiger partial charge in [-0.25, -0.2) is 9.78 Å². The third-order valence-corrected chi connectivity index (χ3v) is 7.94. The zero-order valence-electron chi connectivity index (χ0n) is 24.8. The van der Waals surface area contributed by atoms with Crippen LogP contribution in [0.25, 0.3) is 0 Å². The molecule has 3 atom stereocenters. The van der Waals surface area contributed by atoms with Gasteiger partial charge in [-0.3, -0.25) is 9.88 Å². The number of hydrogen-bond donors (Lipinski definition) is 1. The lowest BCUT2D eigenvalue weighted by Gasteiger charge is -2.37. The Morgan fingerprint density at radius 1 is 1.05 bits per heavy atom. The summed E-state index contributed by atoms with van der Waals surface area (Å²) in [6.45, 7) is 13.8. The van der Waals surface area contributed by atoms with Gasteiger partial charge in [-0.2, -0.15) is 18.2 Å². The fourth-order valence-corrected chi connectivity index (χ4v) is 5.32. The van der Waals surface area contributed by atoms with Crippen molar-refractivity contribution in [3.63, 3.8) is 0 Å². The van der Waals surface area contributed by atoms with Crippen molar-refractivity contribution in [3.05, 3.63) is 36.3 Å². The highest BCUT2D eigenvalue weighted by Gasteiger charge is 2.49. The molecule has 0 spiro atoms. The van der Waals surface area contributed by atoms with Crippen molar-refractivity contribution >= 4 is 23.5 Å². The second-order valence-corrected chi connectivity index (χ2v) is 12.5. The minimum absolute atomic E-state index is 0.0141. The average Bonchev–Trinajstić information content (AvgIpc) is 3.29. The first-order valence-corrected chi connectivity index (χ1v) is 14.1. The van der Waals surface area contributed by atoms with E-state index in [0.29, 0.717) is 30.8 Å². The van der Waals surface area contributed by atoms with Crippen LogP contribution >= 0.6 is 0 Å². The molecule has 0 aromatic carbocycles. The first-order chi connectivity index (χ1) is 19.1. The van der Waals surface area contributed by atoms with Gasteiger partial charge in [0.2, 0.25) is 5.95 Å². The van der Waals surface area contributed by atoms with Crippen molar-refractivity contribution < 1.29 is 27.4 Å². The predicted octanol–water partition coefficient (Wildman–Crippen LogP) is 5.96. The van der Waals surface area contributed by atoms with Gasteiger partial charge in [0.25, 0.3) is 0 Å². The molecule has 2 aromatic heterocycles. The number of carbonyl (C=O) groups excluding carboxylic acids is 1. The van der Waals surface area contributed by atoms with Crippen LogP contribution in [0.15, 0.2) is 30.6 Å². The molecule has 12 heteroatoms. The average molecular weight is 579 g/mol. The van der Waals surface area contributed by atoms with E-state index in [-0.39, 0.29) is 36.1 Å². The SMILES string of the molecule is CC(OC(C)(C)C)[C@H]1COC(=O)N1c1ccnc(N[C@@H](C)C2CCN(c3ccnc(C(C)(C)C(F)(F)F)c3)CC2)n1. The molecule has 1 amide bonds. The molecule has 41 heavy (non-hydrogen) atoms. The summed E-state index contributed by atoms with van der Waals surface area (Å²) in [5.74, 6) is 1.15. The van der Waals surface area contributed by atoms with Crippen molar-refractivity contribution in [2.45, 2.75) is 96.7 Å². The summed E-state index contributed by atoms with van der Waals surface area (Å²) in [7, 11) is 0. The van der Waals surface area contributed by atoms with E-state index in [2.05, 4.69) is 32.1 Å². The number of anilines is 3. The van der Waals surface area contributed by atoms with Crippen LogP contribution in [0.5, 0.6) is 0 Å². The molecule has 2 aliphatic heterocycles. The molecular weight excluding hydrogens is 537 g/mol. The number of aromatic nitrogens is 3. The molecule has 2 fully saturated rings. The number of hydrogen-bond acceptors (Lipinski definition) is 8. The molecule has 4 rings (SSSR count). The van der Waals surface area contributed by atoms with Crippen molar-refractivity contribution in [1.29, 1.82) is 0 Å². The maximum atomic E-state index is 13.6. The molecule has 2 saturated heterocycles. The van der Waals surface area contributed by atoms with Crippen molar-refractivity contribution in [2.24, 2.45) is 5.92 Å². The van der Waals surface area contributed by atoms with Gasteiger partial charge < -0.3 is 19.7 Å². The van der Waals surface area contributed by atoms with E-state index in [4.69, 9.17) is 9.47 Å². The van der Waals surface area contributed by atoms with Crippen LogP contribution in [0.3, 0.4) is 0 Å². The van der Waals surface area contributed by atoms with E-state index in [0.717, 1.165) is 32.4 Å². The Kier molecular flexibility index (Phi) is 8.73. The Morgan fingerprint density at radius 2 is 1.71 bits per heavy atom. The minimum atomic E-state index is -4.39. The topological polar surface area (TPSA) is 92.7 Å². The maximum absolute atomic E-state index is 13.6. The van der Waals surface area contributed by atoms with Crippen LogP contribution in [0.1, 0.15) is 67.0 Å². The quantitative estimate of drug-likeness (QED) is 0.411. The Morgan fingerprint density at radius 3 is 2.34 bits per heavy atom. The van der Waals surface area contributed by atoms with Crippen molar-refractivity contribution in [3.8, 4) is 0 Å². The summed E-state index contributed by atoms with van der Waals surface area (Å²) in [5.41, 5.74) is -1.64. The van der Waals surface area contributed by atoms with Crippen LogP contribution in [-0.4, -0.2) is 70.7 Å². The van der Waals surface area contributed by atoms with E-state index in [9.17, 15) is 18.0 Å². The lowest BCUT2D eigenvalue weighted by atomic mass is 9.87. The maximum Gasteiger partial charge on any atom is 0.416 e. The second-order valence-electron chi connectivity index (χ2n) is 12.5. The third kappa shape index (κ3) is 7.02. The molecule has 1 unspecified atom stereocenters. The van der Waals surface area contributed by atoms with Crippen LogP contribution < -0.4 is 15.1 Å². The zero-order chi connectivity index (χ0) is 30.2. The molecule has 0 saturated carbocycles. The van der Waals surface area contributed by atoms with Gasteiger partial charge in [0.05, 0.1) is 17.4 Å². The number of piperidine rings is 1. The number of nitrogens with zero attached hydrogens (tertiary/aromatic N) is 5. The molecular formula is C29H41F3N6O3. The summed E-state index contributed by atoms with van der Waals surface area (Å²) in [6, 6.07) is 4.72. The van der Waals surface area contributed by atoms with E-state index in [1.165, 1.54) is 11.1 Å². The highest BCUT2D eigenvalue weighted by atomic mass is 19.4. The molecule has 2 aliphatic rings. The number of nitrogens with one attached hydrogen (secondary N) is 1. The van der Waals surface area contributed by atoms with Crippen LogP contribution in [0, 0.1) is 5.92 Å². The molecule has 226 valence electrons. The molecule has 0 aliphatic carbocycles. The second kappa shape index (κ2) is 11.6. The van der Waals surface area contributed by atoms with Gasteiger partial charge in [0.15, 0.2) is 0 Å². The highest BCUT2D eigenvalue weighted by molar-refractivity contribution is 5.89. The summed E-state index contributed by atoms with van der Waals surface area (Å²) in [5, 5.41) is 3.39. The summed E-state index contributed by atoms with van der Waals surface area (Å²) in [6.07, 6.45) is -0.375. The molecule has 0 bridgehead atoms. The largest absolute Gasteiger partial charge is 0.447 e. The van der Waals surface area contributed by atoms with E-state index < -0.39 is 17.7 Å². The number of carbonyl (C=O) groups is 1. The Bertz CT molecular complexity index is 1210. The van der Waals surface area contributed by atoms with Gasteiger partial charge >= 0.3 is 12.3 Å². The van der Waals surface area contributed by atoms with Gasteiger partial charge in [0, 0.05) is 37.2 Å². The molecule has 9 nitrogen and oxygen atoms in total. The fourth-order valence-electron chi connectivity index (χ4n) is 5.32.